The average molecular weight is 237 g/mol. The van der Waals surface area contributed by atoms with Crippen molar-refractivity contribution in [1.29, 1.82) is 0 Å². The maximum atomic E-state index is 5.86. The molecule has 2 nitrogen and oxygen atoms in total. The molecule has 0 radical (unpaired) electrons. The SMILES string of the molecule is C[C@@H](NC1C2CCOC2C1(C)C)C1CCCC1. The minimum Gasteiger partial charge on any atom is -0.377 e. The molecule has 1 heterocycles. The van der Waals surface area contributed by atoms with Crippen LogP contribution in [-0.2, 0) is 4.74 Å². The standard InChI is InChI=1S/C15H27NO/c1-10(11-6-4-5-7-11)16-13-12-8-9-17-14(12)15(13,2)3/h10-14,16H,4-9H2,1-3H3/t10-,12?,13?,14?/m1/s1. The Balaban J connectivity index is 1.61. The van der Waals surface area contributed by atoms with Crippen molar-refractivity contribution in [2.75, 3.05) is 6.61 Å². The Morgan fingerprint density at radius 2 is 1.88 bits per heavy atom. The van der Waals surface area contributed by atoms with Crippen molar-refractivity contribution in [2.45, 2.75) is 71.1 Å². The molecule has 2 saturated carbocycles. The summed E-state index contributed by atoms with van der Waals surface area (Å²) in [5, 5.41) is 3.94. The highest BCUT2D eigenvalue weighted by molar-refractivity contribution is 5.11. The quantitative estimate of drug-likeness (QED) is 0.815. The first-order valence-corrected chi connectivity index (χ1v) is 7.48. The highest BCUT2D eigenvalue weighted by Crippen LogP contribution is 2.52. The molecule has 3 rings (SSSR count). The molecular formula is C15H27NO. The topological polar surface area (TPSA) is 21.3 Å². The third-order valence-electron chi connectivity index (χ3n) is 5.65. The number of rotatable bonds is 3. The second-order valence-corrected chi connectivity index (χ2v) is 7.04. The van der Waals surface area contributed by atoms with E-state index in [0.29, 0.717) is 23.6 Å². The number of hydrogen-bond acceptors (Lipinski definition) is 2. The van der Waals surface area contributed by atoms with Gasteiger partial charge in [-0.15, -0.1) is 0 Å². The third-order valence-corrected chi connectivity index (χ3v) is 5.65. The van der Waals surface area contributed by atoms with Crippen LogP contribution < -0.4 is 5.32 Å². The molecule has 17 heavy (non-hydrogen) atoms. The monoisotopic (exact) mass is 237 g/mol. The average Bonchev–Trinajstić information content (AvgIpc) is 2.95. The van der Waals surface area contributed by atoms with Crippen molar-refractivity contribution in [1.82, 2.24) is 5.32 Å². The lowest BCUT2D eigenvalue weighted by molar-refractivity contribution is -0.116. The van der Waals surface area contributed by atoms with Crippen LogP contribution in [0.4, 0.5) is 0 Å². The van der Waals surface area contributed by atoms with Crippen LogP contribution in [0.1, 0.15) is 52.9 Å². The Kier molecular flexibility index (Phi) is 2.99. The van der Waals surface area contributed by atoms with Gasteiger partial charge in [-0.25, -0.2) is 0 Å². The van der Waals surface area contributed by atoms with E-state index in [-0.39, 0.29) is 0 Å². The fourth-order valence-corrected chi connectivity index (χ4v) is 4.54. The van der Waals surface area contributed by atoms with Gasteiger partial charge in [0.25, 0.3) is 0 Å². The van der Waals surface area contributed by atoms with Gasteiger partial charge in [0.2, 0.25) is 0 Å². The van der Waals surface area contributed by atoms with E-state index in [2.05, 4.69) is 26.1 Å². The highest BCUT2D eigenvalue weighted by atomic mass is 16.5. The molecule has 3 aliphatic rings. The van der Waals surface area contributed by atoms with Crippen LogP contribution >= 0.6 is 0 Å². The molecule has 1 saturated heterocycles. The van der Waals surface area contributed by atoms with Crippen molar-refractivity contribution in [3.8, 4) is 0 Å². The zero-order valence-electron chi connectivity index (χ0n) is 11.5. The van der Waals surface area contributed by atoms with Crippen LogP contribution in [-0.4, -0.2) is 24.8 Å². The zero-order valence-corrected chi connectivity index (χ0v) is 11.5. The number of ether oxygens (including phenoxy) is 1. The highest BCUT2D eigenvalue weighted by Gasteiger charge is 2.59. The van der Waals surface area contributed by atoms with Crippen LogP contribution in [0.5, 0.6) is 0 Å². The summed E-state index contributed by atoms with van der Waals surface area (Å²) in [6.45, 7) is 8.13. The van der Waals surface area contributed by atoms with E-state index in [1.54, 1.807) is 0 Å². The first-order chi connectivity index (χ1) is 8.10. The summed E-state index contributed by atoms with van der Waals surface area (Å²) >= 11 is 0. The van der Waals surface area contributed by atoms with Crippen molar-refractivity contribution in [2.24, 2.45) is 17.3 Å². The van der Waals surface area contributed by atoms with Crippen molar-refractivity contribution in [3.05, 3.63) is 0 Å². The van der Waals surface area contributed by atoms with Crippen molar-refractivity contribution < 1.29 is 4.74 Å². The van der Waals surface area contributed by atoms with Gasteiger partial charge >= 0.3 is 0 Å². The Morgan fingerprint density at radius 1 is 1.18 bits per heavy atom. The van der Waals surface area contributed by atoms with E-state index >= 15 is 0 Å². The predicted octanol–water partition coefficient (Wildman–Crippen LogP) is 2.97. The summed E-state index contributed by atoms with van der Waals surface area (Å²) in [6, 6.07) is 1.38. The van der Waals surface area contributed by atoms with E-state index in [1.165, 1.54) is 32.1 Å². The number of fused-ring (bicyclic) bond motifs is 1. The molecule has 2 aliphatic carbocycles. The van der Waals surface area contributed by atoms with Gasteiger partial charge in [0.05, 0.1) is 6.10 Å². The Morgan fingerprint density at radius 3 is 2.59 bits per heavy atom. The number of nitrogens with one attached hydrogen (secondary N) is 1. The molecule has 3 fully saturated rings. The zero-order chi connectivity index (χ0) is 12.0. The van der Waals surface area contributed by atoms with E-state index in [1.807, 2.05) is 0 Å². The third kappa shape index (κ3) is 1.84. The second-order valence-electron chi connectivity index (χ2n) is 7.04. The summed E-state index contributed by atoms with van der Waals surface area (Å²) in [5.41, 5.74) is 0.341. The number of hydrogen-bond donors (Lipinski definition) is 1. The second kappa shape index (κ2) is 4.24. The molecule has 1 N–H and O–H groups in total. The van der Waals surface area contributed by atoms with Gasteiger partial charge in [-0.1, -0.05) is 26.7 Å². The molecule has 0 aromatic heterocycles. The fraction of sp³-hybridized carbons (Fsp3) is 1.00. The molecule has 0 amide bonds. The molecule has 0 bridgehead atoms. The molecule has 98 valence electrons. The van der Waals surface area contributed by atoms with Crippen LogP contribution in [0.3, 0.4) is 0 Å². The maximum absolute atomic E-state index is 5.86. The van der Waals surface area contributed by atoms with Gasteiger partial charge in [0.15, 0.2) is 0 Å². The van der Waals surface area contributed by atoms with Crippen LogP contribution in [0.2, 0.25) is 0 Å². The van der Waals surface area contributed by atoms with Crippen LogP contribution in [0, 0.1) is 17.3 Å². The molecule has 0 aromatic rings. The summed E-state index contributed by atoms with van der Waals surface area (Å²) in [5.74, 6) is 1.71. The van der Waals surface area contributed by atoms with E-state index in [9.17, 15) is 0 Å². The van der Waals surface area contributed by atoms with Crippen molar-refractivity contribution in [3.63, 3.8) is 0 Å². The summed E-state index contributed by atoms with van der Waals surface area (Å²) in [7, 11) is 0. The van der Waals surface area contributed by atoms with E-state index < -0.39 is 0 Å². The minimum absolute atomic E-state index is 0.341. The summed E-state index contributed by atoms with van der Waals surface area (Å²) < 4.78 is 5.86. The first kappa shape index (κ1) is 12.0. The molecular weight excluding hydrogens is 210 g/mol. The molecule has 2 heteroatoms. The van der Waals surface area contributed by atoms with Gasteiger partial charge in [-0.3, -0.25) is 0 Å². The van der Waals surface area contributed by atoms with E-state index in [4.69, 9.17) is 4.74 Å². The molecule has 0 spiro atoms. The normalized spacial score (nSPS) is 42.2. The molecule has 4 atom stereocenters. The Labute approximate surface area is 105 Å². The lowest BCUT2D eigenvalue weighted by Crippen LogP contribution is -2.67. The summed E-state index contributed by atoms with van der Waals surface area (Å²) in [4.78, 5) is 0. The first-order valence-electron chi connectivity index (χ1n) is 7.48. The van der Waals surface area contributed by atoms with Crippen LogP contribution in [0.15, 0.2) is 0 Å². The van der Waals surface area contributed by atoms with Gasteiger partial charge in [-0.2, -0.15) is 0 Å². The largest absolute Gasteiger partial charge is 0.377 e. The maximum Gasteiger partial charge on any atom is 0.0685 e. The minimum atomic E-state index is 0.341. The Bertz CT molecular complexity index is 283. The van der Waals surface area contributed by atoms with E-state index in [0.717, 1.165) is 18.4 Å². The molecule has 0 aromatic carbocycles. The van der Waals surface area contributed by atoms with Crippen LogP contribution in [0.25, 0.3) is 0 Å². The van der Waals surface area contributed by atoms with Gasteiger partial charge < -0.3 is 10.1 Å². The summed E-state index contributed by atoms with van der Waals surface area (Å²) in [6.07, 6.45) is 7.55. The fourth-order valence-electron chi connectivity index (χ4n) is 4.54. The molecule has 3 unspecified atom stereocenters. The smallest absolute Gasteiger partial charge is 0.0685 e. The lowest BCUT2D eigenvalue weighted by atomic mass is 9.57. The van der Waals surface area contributed by atoms with Gasteiger partial charge in [0, 0.05) is 30.0 Å². The predicted molar refractivity (Wildman–Crippen MR) is 70.0 cm³/mol. The lowest BCUT2D eigenvalue weighted by Gasteiger charge is -2.56. The molecule has 1 aliphatic heterocycles. The van der Waals surface area contributed by atoms with Gasteiger partial charge in [-0.05, 0) is 32.1 Å². The Hall–Kier alpha value is -0.0800. The van der Waals surface area contributed by atoms with Gasteiger partial charge in [0.1, 0.15) is 0 Å². The van der Waals surface area contributed by atoms with Crippen molar-refractivity contribution >= 4 is 0 Å².